The summed E-state index contributed by atoms with van der Waals surface area (Å²) in [5.41, 5.74) is -0.744. The molecule has 1 aliphatic heterocycles. The molecule has 1 amide bonds. The number of piperazine rings is 1. The van der Waals surface area contributed by atoms with E-state index in [9.17, 15) is 18.0 Å². The van der Waals surface area contributed by atoms with Crippen molar-refractivity contribution >= 4 is 5.91 Å². The van der Waals surface area contributed by atoms with Gasteiger partial charge in [0.1, 0.15) is 23.0 Å². The highest BCUT2D eigenvalue weighted by Gasteiger charge is 2.19. The van der Waals surface area contributed by atoms with Crippen molar-refractivity contribution in [3.63, 3.8) is 0 Å². The lowest BCUT2D eigenvalue weighted by atomic mass is 10.2. The largest absolute Gasteiger partial charge is 0.351 e. The standard InChI is InChI=1S/C13H16F3N3O/c14-9-7-10(15)12(11(16)8-9)13(20)18-3-6-19-4-1-17-2-5-19/h7-8,17H,1-6H2,(H,18,20). The fraction of sp³-hybridized carbons (Fsp3) is 0.462. The van der Waals surface area contributed by atoms with Gasteiger partial charge in [-0.3, -0.25) is 9.69 Å². The van der Waals surface area contributed by atoms with Crippen LogP contribution in [0.1, 0.15) is 10.4 Å². The fourth-order valence-electron chi connectivity index (χ4n) is 2.11. The highest BCUT2D eigenvalue weighted by atomic mass is 19.1. The molecule has 0 radical (unpaired) electrons. The summed E-state index contributed by atoms with van der Waals surface area (Å²) in [5, 5.41) is 5.64. The van der Waals surface area contributed by atoms with Crippen LogP contribution in [0.5, 0.6) is 0 Å². The maximum atomic E-state index is 13.4. The monoisotopic (exact) mass is 287 g/mol. The molecule has 0 unspecified atom stereocenters. The molecule has 1 aromatic carbocycles. The van der Waals surface area contributed by atoms with Gasteiger partial charge < -0.3 is 10.6 Å². The molecule has 1 aromatic rings. The van der Waals surface area contributed by atoms with Gasteiger partial charge in [0.25, 0.3) is 5.91 Å². The first-order valence-electron chi connectivity index (χ1n) is 6.44. The van der Waals surface area contributed by atoms with Crippen LogP contribution in [-0.2, 0) is 0 Å². The molecule has 0 spiro atoms. The maximum Gasteiger partial charge on any atom is 0.257 e. The van der Waals surface area contributed by atoms with Gasteiger partial charge in [0, 0.05) is 51.4 Å². The molecular formula is C13H16F3N3O. The summed E-state index contributed by atoms with van der Waals surface area (Å²) in [5.74, 6) is -4.29. The van der Waals surface area contributed by atoms with Crippen LogP contribution in [0.4, 0.5) is 13.2 Å². The van der Waals surface area contributed by atoms with E-state index in [0.717, 1.165) is 26.2 Å². The zero-order valence-corrected chi connectivity index (χ0v) is 10.9. The number of hydrogen-bond donors (Lipinski definition) is 2. The van der Waals surface area contributed by atoms with Crippen LogP contribution < -0.4 is 10.6 Å². The molecule has 2 rings (SSSR count). The summed E-state index contributed by atoms with van der Waals surface area (Å²) in [6, 6.07) is 0.989. The zero-order valence-electron chi connectivity index (χ0n) is 10.9. The molecule has 1 saturated heterocycles. The Morgan fingerprint density at radius 2 is 1.80 bits per heavy atom. The third-order valence-electron chi connectivity index (χ3n) is 3.16. The molecule has 0 atom stereocenters. The number of halogens is 3. The first kappa shape index (κ1) is 14.8. The number of carbonyl (C=O) groups is 1. The van der Waals surface area contributed by atoms with Gasteiger partial charge >= 0.3 is 0 Å². The lowest BCUT2D eigenvalue weighted by Crippen LogP contribution is -2.46. The molecular weight excluding hydrogens is 271 g/mol. The highest BCUT2D eigenvalue weighted by Crippen LogP contribution is 2.14. The van der Waals surface area contributed by atoms with Gasteiger partial charge in [-0.25, -0.2) is 13.2 Å². The minimum atomic E-state index is -1.19. The number of benzene rings is 1. The van der Waals surface area contributed by atoms with E-state index in [0.29, 0.717) is 18.7 Å². The minimum Gasteiger partial charge on any atom is -0.351 e. The van der Waals surface area contributed by atoms with Gasteiger partial charge in [-0.05, 0) is 0 Å². The van der Waals surface area contributed by atoms with Crippen LogP contribution in [-0.4, -0.2) is 50.1 Å². The summed E-state index contributed by atoms with van der Waals surface area (Å²) in [6.07, 6.45) is 0. The second-order valence-electron chi connectivity index (χ2n) is 4.59. The Morgan fingerprint density at radius 1 is 1.20 bits per heavy atom. The van der Waals surface area contributed by atoms with E-state index in [1.165, 1.54) is 0 Å². The Morgan fingerprint density at radius 3 is 2.40 bits per heavy atom. The number of hydrogen-bond acceptors (Lipinski definition) is 3. The van der Waals surface area contributed by atoms with E-state index in [1.54, 1.807) is 0 Å². The third kappa shape index (κ3) is 3.71. The maximum absolute atomic E-state index is 13.4. The molecule has 1 heterocycles. The quantitative estimate of drug-likeness (QED) is 0.858. The Kier molecular flexibility index (Phi) is 4.97. The van der Waals surface area contributed by atoms with Crippen molar-refractivity contribution in [1.29, 1.82) is 0 Å². The predicted molar refractivity (Wildman–Crippen MR) is 68.0 cm³/mol. The molecule has 7 heteroatoms. The van der Waals surface area contributed by atoms with E-state index < -0.39 is 28.9 Å². The zero-order chi connectivity index (χ0) is 14.5. The highest BCUT2D eigenvalue weighted by molar-refractivity contribution is 5.94. The fourth-order valence-corrected chi connectivity index (χ4v) is 2.11. The Bertz CT molecular complexity index is 467. The molecule has 110 valence electrons. The molecule has 1 fully saturated rings. The molecule has 0 bridgehead atoms. The topological polar surface area (TPSA) is 44.4 Å². The van der Waals surface area contributed by atoms with Crippen molar-refractivity contribution in [3.05, 3.63) is 35.1 Å². The summed E-state index contributed by atoms with van der Waals surface area (Å²) in [6.45, 7) is 4.40. The van der Waals surface area contributed by atoms with Crippen molar-refractivity contribution in [2.75, 3.05) is 39.3 Å². The van der Waals surface area contributed by atoms with Crippen molar-refractivity contribution in [1.82, 2.24) is 15.5 Å². The van der Waals surface area contributed by atoms with E-state index >= 15 is 0 Å². The van der Waals surface area contributed by atoms with Crippen molar-refractivity contribution in [3.8, 4) is 0 Å². The van der Waals surface area contributed by atoms with Crippen LogP contribution in [0.3, 0.4) is 0 Å². The van der Waals surface area contributed by atoms with Crippen LogP contribution >= 0.6 is 0 Å². The SMILES string of the molecule is O=C(NCCN1CCNCC1)c1c(F)cc(F)cc1F. The van der Waals surface area contributed by atoms with Crippen molar-refractivity contribution < 1.29 is 18.0 Å². The smallest absolute Gasteiger partial charge is 0.257 e. The number of nitrogens with one attached hydrogen (secondary N) is 2. The number of carbonyl (C=O) groups excluding carboxylic acids is 1. The van der Waals surface area contributed by atoms with Gasteiger partial charge in [0.2, 0.25) is 0 Å². The number of rotatable bonds is 4. The second-order valence-corrected chi connectivity index (χ2v) is 4.59. The lowest BCUT2D eigenvalue weighted by Gasteiger charge is -2.27. The Hall–Kier alpha value is -1.60. The van der Waals surface area contributed by atoms with Gasteiger partial charge in [-0.15, -0.1) is 0 Å². The molecule has 1 aliphatic rings. The minimum absolute atomic E-state index is 0.287. The normalized spacial score (nSPS) is 16.1. The average molecular weight is 287 g/mol. The first-order chi connectivity index (χ1) is 9.58. The third-order valence-corrected chi connectivity index (χ3v) is 3.16. The van der Waals surface area contributed by atoms with Gasteiger partial charge in [0.05, 0.1) is 0 Å². The first-order valence-corrected chi connectivity index (χ1v) is 6.44. The van der Waals surface area contributed by atoms with Crippen LogP contribution in [0.2, 0.25) is 0 Å². The average Bonchev–Trinajstić information content (AvgIpc) is 2.38. The summed E-state index contributed by atoms with van der Waals surface area (Å²) < 4.78 is 39.5. The van der Waals surface area contributed by atoms with Crippen LogP contribution in [0, 0.1) is 17.5 Å². The van der Waals surface area contributed by atoms with Gasteiger partial charge in [0.15, 0.2) is 0 Å². The van der Waals surface area contributed by atoms with Gasteiger partial charge in [-0.1, -0.05) is 0 Å². The summed E-state index contributed by atoms with van der Waals surface area (Å²) in [7, 11) is 0. The number of amides is 1. The van der Waals surface area contributed by atoms with E-state index in [2.05, 4.69) is 15.5 Å². The van der Waals surface area contributed by atoms with Crippen LogP contribution in [0.15, 0.2) is 12.1 Å². The van der Waals surface area contributed by atoms with Crippen LogP contribution in [0.25, 0.3) is 0 Å². The summed E-state index contributed by atoms with van der Waals surface area (Å²) in [4.78, 5) is 13.8. The van der Waals surface area contributed by atoms with E-state index in [-0.39, 0.29) is 6.54 Å². The van der Waals surface area contributed by atoms with E-state index in [1.807, 2.05) is 0 Å². The Labute approximate surface area is 114 Å². The number of nitrogens with zero attached hydrogens (tertiary/aromatic N) is 1. The molecule has 0 saturated carbocycles. The van der Waals surface area contributed by atoms with Crippen molar-refractivity contribution in [2.45, 2.75) is 0 Å². The molecule has 20 heavy (non-hydrogen) atoms. The van der Waals surface area contributed by atoms with E-state index in [4.69, 9.17) is 0 Å². The molecule has 0 aromatic heterocycles. The van der Waals surface area contributed by atoms with Gasteiger partial charge in [-0.2, -0.15) is 0 Å². The molecule has 2 N–H and O–H groups in total. The van der Waals surface area contributed by atoms with Crippen molar-refractivity contribution in [2.24, 2.45) is 0 Å². The predicted octanol–water partition coefficient (Wildman–Crippen LogP) is 0.739. The lowest BCUT2D eigenvalue weighted by molar-refractivity contribution is 0.0938. The summed E-state index contributed by atoms with van der Waals surface area (Å²) >= 11 is 0. The second kappa shape index (κ2) is 6.71. The molecule has 4 nitrogen and oxygen atoms in total. The molecule has 0 aliphatic carbocycles. The Balaban J connectivity index is 1.88.